The Kier molecular flexibility index (Phi) is 4.20. The van der Waals surface area contributed by atoms with Crippen molar-refractivity contribution in [3.8, 4) is 0 Å². The SMILES string of the molecule is NC1CCC(NCCc2ccc(Br)s2)C1. The van der Waals surface area contributed by atoms with Gasteiger partial charge in [0.15, 0.2) is 0 Å². The van der Waals surface area contributed by atoms with Gasteiger partial charge in [-0.2, -0.15) is 0 Å². The van der Waals surface area contributed by atoms with Crippen LogP contribution in [0.2, 0.25) is 0 Å². The van der Waals surface area contributed by atoms with Gasteiger partial charge in [0, 0.05) is 23.5 Å². The van der Waals surface area contributed by atoms with Crippen molar-refractivity contribution in [2.75, 3.05) is 6.54 Å². The summed E-state index contributed by atoms with van der Waals surface area (Å²) in [6, 6.07) is 5.39. The van der Waals surface area contributed by atoms with Gasteiger partial charge in [-0.1, -0.05) is 0 Å². The van der Waals surface area contributed by atoms with Crippen LogP contribution in [0.5, 0.6) is 0 Å². The van der Waals surface area contributed by atoms with Crippen molar-refractivity contribution in [2.24, 2.45) is 5.73 Å². The van der Waals surface area contributed by atoms with Crippen LogP contribution in [0, 0.1) is 0 Å². The first-order chi connectivity index (χ1) is 7.24. The molecular formula is C11H17BrN2S. The Morgan fingerprint density at radius 2 is 2.33 bits per heavy atom. The Balaban J connectivity index is 1.67. The van der Waals surface area contributed by atoms with Gasteiger partial charge in [0.1, 0.15) is 0 Å². The topological polar surface area (TPSA) is 38.0 Å². The molecular weight excluding hydrogens is 272 g/mol. The van der Waals surface area contributed by atoms with Crippen LogP contribution in [0.3, 0.4) is 0 Å². The standard InChI is InChI=1S/C11H17BrN2S/c12-11-4-3-10(15-11)5-6-14-9-2-1-8(13)7-9/h3-4,8-9,14H,1-2,5-7,13H2. The monoisotopic (exact) mass is 288 g/mol. The average Bonchev–Trinajstić information content (AvgIpc) is 2.76. The van der Waals surface area contributed by atoms with Crippen LogP contribution in [-0.2, 0) is 6.42 Å². The lowest BCUT2D eigenvalue weighted by molar-refractivity contribution is 0.521. The molecule has 1 aromatic heterocycles. The van der Waals surface area contributed by atoms with Crippen molar-refractivity contribution in [3.63, 3.8) is 0 Å². The second-order valence-corrected chi connectivity index (χ2v) is 6.73. The summed E-state index contributed by atoms with van der Waals surface area (Å²) in [7, 11) is 0. The molecule has 0 aliphatic heterocycles. The van der Waals surface area contributed by atoms with E-state index in [0.29, 0.717) is 12.1 Å². The summed E-state index contributed by atoms with van der Waals surface area (Å²) < 4.78 is 1.22. The molecule has 2 nitrogen and oxygen atoms in total. The molecule has 1 heterocycles. The summed E-state index contributed by atoms with van der Waals surface area (Å²) in [6.07, 6.45) is 4.70. The number of thiophene rings is 1. The van der Waals surface area contributed by atoms with Gasteiger partial charge in [-0.05, 0) is 53.7 Å². The first kappa shape index (κ1) is 11.6. The van der Waals surface area contributed by atoms with E-state index in [-0.39, 0.29) is 0 Å². The highest BCUT2D eigenvalue weighted by molar-refractivity contribution is 9.11. The zero-order chi connectivity index (χ0) is 10.7. The minimum absolute atomic E-state index is 0.429. The lowest BCUT2D eigenvalue weighted by Gasteiger charge is -2.11. The molecule has 1 saturated carbocycles. The zero-order valence-corrected chi connectivity index (χ0v) is 11.1. The summed E-state index contributed by atoms with van der Waals surface area (Å²) in [4.78, 5) is 1.44. The van der Waals surface area contributed by atoms with Crippen LogP contribution in [0.4, 0.5) is 0 Å². The normalized spacial score (nSPS) is 26.0. The summed E-state index contributed by atoms with van der Waals surface area (Å²) >= 11 is 5.30. The van der Waals surface area contributed by atoms with E-state index in [1.165, 1.54) is 21.5 Å². The van der Waals surface area contributed by atoms with Crippen LogP contribution in [-0.4, -0.2) is 18.6 Å². The van der Waals surface area contributed by atoms with Gasteiger partial charge in [-0.25, -0.2) is 0 Å². The molecule has 84 valence electrons. The largest absolute Gasteiger partial charge is 0.328 e. The van der Waals surface area contributed by atoms with E-state index in [4.69, 9.17) is 5.73 Å². The molecule has 0 saturated heterocycles. The van der Waals surface area contributed by atoms with E-state index in [0.717, 1.165) is 19.4 Å². The van der Waals surface area contributed by atoms with E-state index in [1.807, 2.05) is 11.3 Å². The zero-order valence-electron chi connectivity index (χ0n) is 8.71. The number of rotatable bonds is 4. The predicted octanol–water partition coefficient (Wildman–Crippen LogP) is 2.52. The first-order valence-electron chi connectivity index (χ1n) is 5.47. The molecule has 1 aromatic rings. The fourth-order valence-electron chi connectivity index (χ4n) is 2.09. The molecule has 0 radical (unpaired) electrons. The van der Waals surface area contributed by atoms with E-state index in [2.05, 4.69) is 33.4 Å². The maximum absolute atomic E-state index is 5.87. The average molecular weight is 289 g/mol. The minimum Gasteiger partial charge on any atom is -0.328 e. The molecule has 2 atom stereocenters. The lowest BCUT2D eigenvalue weighted by atomic mass is 10.2. The van der Waals surface area contributed by atoms with Gasteiger partial charge in [-0.15, -0.1) is 11.3 Å². The molecule has 15 heavy (non-hydrogen) atoms. The van der Waals surface area contributed by atoms with E-state index in [9.17, 15) is 0 Å². The summed E-state index contributed by atoms with van der Waals surface area (Å²) in [5.41, 5.74) is 5.87. The molecule has 1 aliphatic carbocycles. The van der Waals surface area contributed by atoms with Gasteiger partial charge < -0.3 is 11.1 Å². The molecule has 4 heteroatoms. The van der Waals surface area contributed by atoms with Crippen LogP contribution in [0.15, 0.2) is 15.9 Å². The van der Waals surface area contributed by atoms with Crippen LogP contribution < -0.4 is 11.1 Å². The Bertz CT molecular complexity index is 313. The lowest BCUT2D eigenvalue weighted by Crippen LogP contribution is -2.30. The van der Waals surface area contributed by atoms with E-state index in [1.54, 1.807) is 0 Å². The minimum atomic E-state index is 0.429. The molecule has 3 N–H and O–H groups in total. The van der Waals surface area contributed by atoms with Gasteiger partial charge >= 0.3 is 0 Å². The van der Waals surface area contributed by atoms with Crippen molar-refractivity contribution in [1.29, 1.82) is 0 Å². The maximum atomic E-state index is 5.87. The Labute approximate surface area is 103 Å². The van der Waals surface area contributed by atoms with Crippen molar-refractivity contribution < 1.29 is 0 Å². The Morgan fingerprint density at radius 1 is 1.47 bits per heavy atom. The quantitative estimate of drug-likeness (QED) is 0.894. The predicted molar refractivity (Wildman–Crippen MR) is 69.3 cm³/mol. The van der Waals surface area contributed by atoms with Crippen LogP contribution in [0.1, 0.15) is 24.1 Å². The smallest absolute Gasteiger partial charge is 0.0701 e. The number of hydrogen-bond acceptors (Lipinski definition) is 3. The number of nitrogens with one attached hydrogen (secondary N) is 1. The highest BCUT2D eigenvalue weighted by Crippen LogP contribution is 2.22. The van der Waals surface area contributed by atoms with Crippen molar-refractivity contribution >= 4 is 27.3 Å². The summed E-state index contributed by atoms with van der Waals surface area (Å²) in [5.74, 6) is 0. The highest BCUT2D eigenvalue weighted by Gasteiger charge is 2.20. The van der Waals surface area contributed by atoms with E-state index < -0.39 is 0 Å². The molecule has 0 bridgehead atoms. The third-order valence-corrected chi connectivity index (χ3v) is 4.59. The van der Waals surface area contributed by atoms with Crippen molar-refractivity contribution in [1.82, 2.24) is 5.32 Å². The highest BCUT2D eigenvalue weighted by atomic mass is 79.9. The number of halogens is 1. The van der Waals surface area contributed by atoms with Crippen LogP contribution >= 0.6 is 27.3 Å². The second kappa shape index (κ2) is 5.43. The van der Waals surface area contributed by atoms with Gasteiger partial charge in [0.2, 0.25) is 0 Å². The second-order valence-electron chi connectivity index (χ2n) is 4.18. The molecule has 1 aliphatic rings. The summed E-state index contributed by atoms with van der Waals surface area (Å²) in [6.45, 7) is 1.07. The Morgan fingerprint density at radius 3 is 2.93 bits per heavy atom. The van der Waals surface area contributed by atoms with Gasteiger partial charge in [-0.3, -0.25) is 0 Å². The molecule has 1 fully saturated rings. The fraction of sp³-hybridized carbons (Fsp3) is 0.636. The molecule has 0 aromatic carbocycles. The fourth-order valence-corrected chi connectivity index (χ4v) is 3.57. The molecule has 0 spiro atoms. The first-order valence-corrected chi connectivity index (χ1v) is 7.08. The third-order valence-electron chi connectivity index (χ3n) is 2.91. The number of hydrogen-bond donors (Lipinski definition) is 2. The molecule has 2 unspecified atom stereocenters. The van der Waals surface area contributed by atoms with Crippen molar-refractivity contribution in [2.45, 2.75) is 37.8 Å². The number of nitrogens with two attached hydrogens (primary N) is 1. The van der Waals surface area contributed by atoms with Gasteiger partial charge in [0.05, 0.1) is 3.79 Å². The maximum Gasteiger partial charge on any atom is 0.0701 e. The Hall–Kier alpha value is 0.1000. The van der Waals surface area contributed by atoms with Crippen molar-refractivity contribution in [3.05, 3.63) is 20.8 Å². The summed E-state index contributed by atoms with van der Waals surface area (Å²) in [5, 5.41) is 3.58. The van der Waals surface area contributed by atoms with Crippen LogP contribution in [0.25, 0.3) is 0 Å². The molecule has 0 amide bonds. The molecule has 2 rings (SSSR count). The van der Waals surface area contributed by atoms with Gasteiger partial charge in [0.25, 0.3) is 0 Å². The third kappa shape index (κ3) is 3.55. The van der Waals surface area contributed by atoms with E-state index >= 15 is 0 Å².